The number of nitrogens with zero attached hydrogens (tertiary/aromatic N) is 3. The first-order valence-electron chi connectivity index (χ1n) is 9.33. The molecular weight excluding hydrogens is 382 g/mol. The van der Waals surface area contributed by atoms with E-state index < -0.39 is 9.84 Å². The second-order valence-corrected chi connectivity index (χ2v) is 10.7. The molecule has 0 radical (unpaired) electrons. The zero-order chi connectivity index (χ0) is 19.4. The highest BCUT2D eigenvalue weighted by Gasteiger charge is 2.34. The minimum Gasteiger partial charge on any atom is -0.339 e. The fraction of sp³-hybridized carbons (Fsp3) is 0.579. The number of amides is 1. The molecule has 1 amide bonds. The van der Waals surface area contributed by atoms with E-state index in [2.05, 4.69) is 9.88 Å². The Labute approximate surface area is 165 Å². The SMILES string of the molecule is CN(C)CCCN(C(=O)CCc1nc2ccccc2s1)C1CCS(=O)(=O)C1. The minimum atomic E-state index is -3.01. The summed E-state index contributed by atoms with van der Waals surface area (Å²) >= 11 is 1.62. The summed E-state index contributed by atoms with van der Waals surface area (Å²) in [5.74, 6) is 0.324. The van der Waals surface area contributed by atoms with Crippen LogP contribution in [-0.4, -0.2) is 73.8 Å². The van der Waals surface area contributed by atoms with Gasteiger partial charge < -0.3 is 9.80 Å². The van der Waals surface area contributed by atoms with Crippen molar-refractivity contribution >= 4 is 37.3 Å². The monoisotopic (exact) mass is 409 g/mol. The van der Waals surface area contributed by atoms with Crippen LogP contribution in [0.4, 0.5) is 0 Å². The zero-order valence-corrected chi connectivity index (χ0v) is 17.6. The molecule has 1 aromatic carbocycles. The van der Waals surface area contributed by atoms with Crippen molar-refractivity contribution in [2.45, 2.75) is 31.7 Å². The number of hydrogen-bond donors (Lipinski definition) is 0. The van der Waals surface area contributed by atoms with E-state index in [1.54, 1.807) is 16.2 Å². The molecule has 27 heavy (non-hydrogen) atoms. The van der Waals surface area contributed by atoms with Crippen molar-refractivity contribution in [1.82, 2.24) is 14.8 Å². The molecule has 1 aromatic heterocycles. The number of fused-ring (bicyclic) bond motifs is 1. The van der Waals surface area contributed by atoms with Gasteiger partial charge >= 0.3 is 0 Å². The van der Waals surface area contributed by atoms with E-state index >= 15 is 0 Å². The maximum absolute atomic E-state index is 12.9. The maximum atomic E-state index is 12.9. The number of carbonyl (C=O) groups is 1. The van der Waals surface area contributed by atoms with Crippen LogP contribution in [0.5, 0.6) is 0 Å². The van der Waals surface area contributed by atoms with Crippen LogP contribution in [0, 0.1) is 0 Å². The highest BCUT2D eigenvalue weighted by Crippen LogP contribution is 2.24. The van der Waals surface area contributed by atoms with Crippen LogP contribution in [0.2, 0.25) is 0 Å². The van der Waals surface area contributed by atoms with Gasteiger partial charge in [0.2, 0.25) is 5.91 Å². The van der Waals surface area contributed by atoms with Gasteiger partial charge in [0.25, 0.3) is 0 Å². The minimum absolute atomic E-state index is 0.0371. The molecule has 2 heterocycles. The molecule has 1 aliphatic heterocycles. The molecule has 1 atom stereocenters. The van der Waals surface area contributed by atoms with E-state index in [1.165, 1.54) is 0 Å². The Hall–Kier alpha value is -1.51. The molecule has 3 rings (SSSR count). The first kappa shape index (κ1) is 20.2. The van der Waals surface area contributed by atoms with Gasteiger partial charge in [0.15, 0.2) is 9.84 Å². The second kappa shape index (κ2) is 8.67. The van der Waals surface area contributed by atoms with Crippen LogP contribution in [0.1, 0.15) is 24.3 Å². The van der Waals surface area contributed by atoms with E-state index in [1.807, 2.05) is 38.4 Å². The highest BCUT2D eigenvalue weighted by atomic mass is 32.2. The van der Waals surface area contributed by atoms with E-state index in [4.69, 9.17) is 0 Å². The Bertz CT molecular complexity index is 859. The summed E-state index contributed by atoms with van der Waals surface area (Å²) in [7, 11) is 0.984. The number of sulfone groups is 1. The number of para-hydroxylation sites is 1. The number of aryl methyl sites for hydroxylation is 1. The molecule has 1 fully saturated rings. The smallest absolute Gasteiger partial charge is 0.223 e. The normalized spacial score (nSPS) is 19.0. The fourth-order valence-corrected chi connectivity index (χ4v) is 6.17. The predicted octanol–water partition coefficient (Wildman–Crippen LogP) is 2.20. The molecule has 8 heteroatoms. The Morgan fingerprint density at radius 2 is 2.04 bits per heavy atom. The van der Waals surface area contributed by atoms with Gasteiger partial charge in [-0.3, -0.25) is 4.79 Å². The molecule has 1 aliphatic rings. The molecule has 1 saturated heterocycles. The molecule has 0 N–H and O–H groups in total. The first-order valence-corrected chi connectivity index (χ1v) is 12.0. The summed E-state index contributed by atoms with van der Waals surface area (Å²) in [6.07, 6.45) is 2.37. The van der Waals surface area contributed by atoms with Crippen molar-refractivity contribution in [2.24, 2.45) is 0 Å². The van der Waals surface area contributed by atoms with Crippen LogP contribution in [0.15, 0.2) is 24.3 Å². The van der Waals surface area contributed by atoms with Crippen molar-refractivity contribution in [3.05, 3.63) is 29.3 Å². The van der Waals surface area contributed by atoms with Crippen LogP contribution in [0.3, 0.4) is 0 Å². The van der Waals surface area contributed by atoms with Gasteiger partial charge in [0.05, 0.1) is 26.7 Å². The second-order valence-electron chi connectivity index (χ2n) is 7.38. The number of thiazole rings is 1. The Balaban J connectivity index is 1.64. The van der Waals surface area contributed by atoms with Crippen molar-refractivity contribution in [2.75, 3.05) is 38.7 Å². The molecule has 0 aliphatic carbocycles. The molecule has 148 valence electrons. The molecule has 0 bridgehead atoms. The average molecular weight is 410 g/mol. The first-order chi connectivity index (χ1) is 12.8. The predicted molar refractivity (Wildman–Crippen MR) is 110 cm³/mol. The maximum Gasteiger partial charge on any atom is 0.223 e. The highest BCUT2D eigenvalue weighted by molar-refractivity contribution is 7.91. The summed E-state index contributed by atoms with van der Waals surface area (Å²) in [5.41, 5.74) is 0.967. The fourth-order valence-electron chi connectivity index (χ4n) is 3.47. The van der Waals surface area contributed by atoms with Crippen molar-refractivity contribution in [1.29, 1.82) is 0 Å². The third-order valence-electron chi connectivity index (χ3n) is 4.86. The quantitative estimate of drug-likeness (QED) is 0.668. The van der Waals surface area contributed by atoms with Gasteiger partial charge in [-0.1, -0.05) is 12.1 Å². The van der Waals surface area contributed by atoms with Crippen LogP contribution in [-0.2, 0) is 21.1 Å². The molecule has 1 unspecified atom stereocenters. The van der Waals surface area contributed by atoms with Gasteiger partial charge in [-0.2, -0.15) is 0 Å². The number of aromatic nitrogens is 1. The average Bonchev–Trinajstić information content (AvgIpc) is 3.18. The molecule has 0 saturated carbocycles. The van der Waals surface area contributed by atoms with Gasteiger partial charge in [0.1, 0.15) is 0 Å². The summed E-state index contributed by atoms with van der Waals surface area (Å²) in [6, 6.07) is 7.79. The van der Waals surface area contributed by atoms with Gasteiger partial charge in [-0.05, 0) is 45.6 Å². The lowest BCUT2D eigenvalue weighted by Gasteiger charge is -2.29. The molecule has 0 spiro atoms. The van der Waals surface area contributed by atoms with Crippen molar-refractivity contribution < 1.29 is 13.2 Å². The Kier molecular flexibility index (Phi) is 6.49. The van der Waals surface area contributed by atoms with Crippen molar-refractivity contribution in [3.63, 3.8) is 0 Å². The third-order valence-corrected chi connectivity index (χ3v) is 7.71. The van der Waals surface area contributed by atoms with Gasteiger partial charge in [-0.25, -0.2) is 13.4 Å². The molecule has 2 aromatic rings. The van der Waals surface area contributed by atoms with E-state index in [0.717, 1.165) is 28.2 Å². The number of hydrogen-bond acceptors (Lipinski definition) is 6. The standard InChI is InChI=1S/C19H27N3O3S2/c1-21(2)11-5-12-22(15-10-13-27(24,25)14-15)19(23)9-8-18-20-16-6-3-4-7-17(16)26-18/h3-4,6-7,15H,5,8-14H2,1-2H3. The van der Waals surface area contributed by atoms with E-state index in [0.29, 0.717) is 25.8 Å². The largest absolute Gasteiger partial charge is 0.339 e. The molecular formula is C19H27N3O3S2. The summed E-state index contributed by atoms with van der Waals surface area (Å²) in [5, 5.41) is 0.955. The summed E-state index contributed by atoms with van der Waals surface area (Å²) < 4.78 is 24.9. The number of benzene rings is 1. The van der Waals surface area contributed by atoms with E-state index in [-0.39, 0.29) is 23.5 Å². The van der Waals surface area contributed by atoms with E-state index in [9.17, 15) is 13.2 Å². The topological polar surface area (TPSA) is 70.6 Å². The third kappa shape index (κ3) is 5.49. The van der Waals surface area contributed by atoms with Crippen molar-refractivity contribution in [3.8, 4) is 0 Å². The Morgan fingerprint density at radius 1 is 1.26 bits per heavy atom. The Morgan fingerprint density at radius 3 is 2.70 bits per heavy atom. The van der Waals surface area contributed by atoms with Crippen LogP contribution < -0.4 is 0 Å². The number of carbonyl (C=O) groups excluding carboxylic acids is 1. The molecule has 6 nitrogen and oxygen atoms in total. The van der Waals surface area contributed by atoms with Gasteiger partial charge in [-0.15, -0.1) is 11.3 Å². The zero-order valence-electron chi connectivity index (χ0n) is 15.9. The van der Waals surface area contributed by atoms with Gasteiger partial charge in [0, 0.05) is 25.4 Å². The van der Waals surface area contributed by atoms with Crippen LogP contribution in [0.25, 0.3) is 10.2 Å². The summed E-state index contributed by atoms with van der Waals surface area (Å²) in [6.45, 7) is 1.48. The lowest BCUT2D eigenvalue weighted by atomic mass is 10.1. The van der Waals surface area contributed by atoms with Crippen LogP contribution >= 0.6 is 11.3 Å². The number of rotatable bonds is 8. The summed E-state index contributed by atoms with van der Waals surface area (Å²) in [4.78, 5) is 21.4. The lowest BCUT2D eigenvalue weighted by molar-refractivity contribution is -0.133. The lowest BCUT2D eigenvalue weighted by Crippen LogP contribution is -2.42.